The van der Waals surface area contributed by atoms with Crippen LogP contribution in [-0.4, -0.2) is 58.3 Å². The molecule has 0 amide bonds. The second-order valence-corrected chi connectivity index (χ2v) is 8.35. The molecular formula is C24H26N6O3. The van der Waals surface area contributed by atoms with Crippen molar-refractivity contribution in [1.29, 1.82) is 0 Å². The maximum Gasteiger partial charge on any atom is 0.269 e. The molecule has 1 fully saturated rings. The van der Waals surface area contributed by atoms with E-state index in [1.165, 1.54) is 6.20 Å². The number of pyridine rings is 1. The topological polar surface area (TPSA) is 85.9 Å². The van der Waals surface area contributed by atoms with Gasteiger partial charge in [0, 0.05) is 31.7 Å². The number of hydrogen-bond acceptors (Lipinski definition) is 7. The summed E-state index contributed by atoms with van der Waals surface area (Å²) in [4.78, 5) is 27.0. The maximum absolute atomic E-state index is 12.4. The fraction of sp³-hybridized carbons (Fsp3) is 0.417. The Balaban J connectivity index is 1.14. The molecule has 0 spiro atoms. The van der Waals surface area contributed by atoms with Crippen LogP contribution < -0.4 is 20.3 Å². The number of nitrogens with one attached hydrogen (secondary N) is 1. The van der Waals surface area contributed by atoms with Crippen molar-refractivity contribution in [2.24, 2.45) is 0 Å². The zero-order valence-corrected chi connectivity index (χ0v) is 18.4. The van der Waals surface area contributed by atoms with Gasteiger partial charge in [-0.2, -0.15) is 0 Å². The number of nitrogens with zero attached hydrogens (tertiary/aromatic N) is 5. The molecule has 2 aliphatic rings. The van der Waals surface area contributed by atoms with Crippen molar-refractivity contribution < 1.29 is 9.47 Å². The highest BCUT2D eigenvalue weighted by Crippen LogP contribution is 2.29. The molecule has 2 aromatic heterocycles. The first-order valence-corrected chi connectivity index (χ1v) is 11.3. The van der Waals surface area contributed by atoms with E-state index in [-0.39, 0.29) is 5.56 Å². The van der Waals surface area contributed by atoms with E-state index in [4.69, 9.17) is 16.0 Å². The average Bonchev–Trinajstić information content (AvgIpc) is 2.87. The Morgan fingerprint density at radius 1 is 1.06 bits per heavy atom. The predicted octanol–water partition coefficient (Wildman–Crippen LogP) is 2.37. The van der Waals surface area contributed by atoms with Gasteiger partial charge in [-0.15, -0.1) is 0 Å². The van der Waals surface area contributed by atoms with Crippen LogP contribution in [0.4, 0.5) is 5.69 Å². The fourth-order valence-electron chi connectivity index (χ4n) is 4.39. The normalized spacial score (nSPS) is 16.6. The fourth-order valence-corrected chi connectivity index (χ4v) is 4.39. The first kappa shape index (κ1) is 21.4. The van der Waals surface area contributed by atoms with E-state index in [0.717, 1.165) is 55.0 Å². The standard InChI is InChI=1S/C24H26N6O3/c1-25-18-2-3-20-21(12-18)30(24(31)16-28-20)9-8-29-6-4-17(5-7-29)26-14-19-13-22-23(15-27-19)33-11-10-32-22/h2-3,12-13,15-17,26H,4-11,14H2. The van der Waals surface area contributed by atoms with E-state index in [2.05, 4.69) is 25.0 Å². The molecule has 5 rings (SSSR count). The Morgan fingerprint density at radius 3 is 2.70 bits per heavy atom. The van der Waals surface area contributed by atoms with E-state index in [9.17, 15) is 4.79 Å². The molecule has 0 unspecified atom stereocenters. The summed E-state index contributed by atoms with van der Waals surface area (Å²) in [5.41, 5.74) is 2.79. The van der Waals surface area contributed by atoms with Crippen LogP contribution in [0, 0.1) is 6.57 Å². The van der Waals surface area contributed by atoms with Crippen LogP contribution in [-0.2, 0) is 13.1 Å². The molecular weight excluding hydrogens is 420 g/mol. The van der Waals surface area contributed by atoms with Crippen LogP contribution in [0.25, 0.3) is 15.9 Å². The quantitative estimate of drug-likeness (QED) is 0.582. The van der Waals surface area contributed by atoms with Gasteiger partial charge in [-0.25, -0.2) is 9.83 Å². The van der Waals surface area contributed by atoms with Gasteiger partial charge in [0.05, 0.1) is 35.7 Å². The van der Waals surface area contributed by atoms with Gasteiger partial charge in [0.25, 0.3) is 5.56 Å². The molecule has 0 aliphatic carbocycles. The molecule has 9 heteroatoms. The van der Waals surface area contributed by atoms with Crippen molar-refractivity contribution in [3.8, 4) is 11.5 Å². The summed E-state index contributed by atoms with van der Waals surface area (Å²) in [6.45, 7) is 12.4. The van der Waals surface area contributed by atoms with Crippen LogP contribution in [0.15, 0.2) is 41.5 Å². The van der Waals surface area contributed by atoms with Crippen molar-refractivity contribution in [3.63, 3.8) is 0 Å². The Morgan fingerprint density at radius 2 is 1.88 bits per heavy atom. The summed E-state index contributed by atoms with van der Waals surface area (Å²) in [5, 5.41) is 3.61. The monoisotopic (exact) mass is 446 g/mol. The van der Waals surface area contributed by atoms with Gasteiger partial charge in [0.1, 0.15) is 13.2 Å². The molecule has 0 atom stereocenters. The second-order valence-electron chi connectivity index (χ2n) is 8.35. The molecule has 0 radical (unpaired) electrons. The second kappa shape index (κ2) is 9.57. The smallest absolute Gasteiger partial charge is 0.269 e. The third kappa shape index (κ3) is 4.82. The molecule has 0 saturated carbocycles. The van der Waals surface area contributed by atoms with Crippen LogP contribution in [0.1, 0.15) is 18.5 Å². The number of likely N-dealkylation sites (tertiary alicyclic amines) is 1. The highest BCUT2D eigenvalue weighted by Gasteiger charge is 2.20. The SMILES string of the molecule is [C-]#[N+]c1ccc2ncc(=O)n(CCN3CCC(NCc4cc5c(cn4)OCCO5)CC3)c2c1. The lowest BCUT2D eigenvalue weighted by atomic mass is 10.0. The van der Waals surface area contributed by atoms with E-state index < -0.39 is 0 Å². The molecule has 1 N–H and O–H groups in total. The van der Waals surface area contributed by atoms with Crippen molar-refractivity contribution in [1.82, 2.24) is 24.8 Å². The van der Waals surface area contributed by atoms with E-state index in [1.807, 2.05) is 6.07 Å². The molecule has 1 aromatic carbocycles. The lowest BCUT2D eigenvalue weighted by Crippen LogP contribution is -2.43. The Kier molecular flexibility index (Phi) is 6.19. The molecule has 33 heavy (non-hydrogen) atoms. The first-order chi connectivity index (χ1) is 16.2. The molecule has 2 aliphatic heterocycles. The van der Waals surface area contributed by atoms with Crippen molar-refractivity contribution in [2.45, 2.75) is 32.0 Å². The largest absolute Gasteiger partial charge is 0.486 e. The summed E-state index contributed by atoms with van der Waals surface area (Å²) in [5.74, 6) is 1.48. The van der Waals surface area contributed by atoms with Crippen LogP contribution in [0.2, 0.25) is 0 Å². The number of hydrogen-bond donors (Lipinski definition) is 1. The maximum atomic E-state index is 12.4. The number of ether oxygens (including phenoxy) is 2. The van der Waals surface area contributed by atoms with Gasteiger partial charge in [-0.1, -0.05) is 6.07 Å². The van der Waals surface area contributed by atoms with Gasteiger partial charge in [-0.05, 0) is 38.1 Å². The predicted molar refractivity (Wildman–Crippen MR) is 124 cm³/mol. The van der Waals surface area contributed by atoms with Gasteiger partial charge in [0.15, 0.2) is 17.2 Å². The number of aromatic nitrogens is 3. The molecule has 9 nitrogen and oxygen atoms in total. The Hall–Kier alpha value is -3.48. The van der Waals surface area contributed by atoms with Gasteiger partial charge in [0.2, 0.25) is 0 Å². The summed E-state index contributed by atoms with van der Waals surface area (Å²) >= 11 is 0. The number of fused-ring (bicyclic) bond motifs is 2. The Bertz CT molecular complexity index is 1240. The van der Waals surface area contributed by atoms with Crippen molar-refractivity contribution >= 4 is 16.7 Å². The third-order valence-electron chi connectivity index (χ3n) is 6.24. The minimum absolute atomic E-state index is 0.131. The first-order valence-electron chi connectivity index (χ1n) is 11.3. The van der Waals surface area contributed by atoms with Crippen molar-refractivity contribution in [2.75, 3.05) is 32.8 Å². The average molecular weight is 447 g/mol. The minimum Gasteiger partial charge on any atom is -0.486 e. The summed E-state index contributed by atoms with van der Waals surface area (Å²) in [7, 11) is 0. The zero-order chi connectivity index (χ0) is 22.6. The van der Waals surface area contributed by atoms with Crippen LogP contribution >= 0.6 is 0 Å². The highest BCUT2D eigenvalue weighted by molar-refractivity contribution is 5.79. The van der Waals surface area contributed by atoms with E-state index in [1.54, 1.807) is 29.0 Å². The van der Waals surface area contributed by atoms with E-state index >= 15 is 0 Å². The van der Waals surface area contributed by atoms with Gasteiger partial charge in [-0.3, -0.25) is 9.78 Å². The summed E-state index contributed by atoms with van der Waals surface area (Å²) < 4.78 is 12.9. The molecule has 1 saturated heterocycles. The van der Waals surface area contributed by atoms with Crippen molar-refractivity contribution in [3.05, 3.63) is 64.1 Å². The lowest BCUT2D eigenvalue weighted by Gasteiger charge is -2.32. The molecule has 4 heterocycles. The molecule has 170 valence electrons. The number of rotatable bonds is 6. The number of piperidine rings is 1. The molecule has 3 aromatic rings. The lowest BCUT2D eigenvalue weighted by molar-refractivity contribution is 0.170. The van der Waals surface area contributed by atoms with Crippen LogP contribution in [0.5, 0.6) is 11.5 Å². The summed E-state index contributed by atoms with van der Waals surface area (Å²) in [6, 6.07) is 7.66. The van der Waals surface area contributed by atoms with Gasteiger partial charge >= 0.3 is 0 Å². The van der Waals surface area contributed by atoms with E-state index in [0.29, 0.717) is 43.8 Å². The van der Waals surface area contributed by atoms with Crippen LogP contribution in [0.3, 0.4) is 0 Å². The summed E-state index contributed by atoms with van der Waals surface area (Å²) in [6.07, 6.45) is 5.18. The van der Waals surface area contributed by atoms with Gasteiger partial charge < -0.3 is 24.3 Å². The zero-order valence-electron chi connectivity index (χ0n) is 18.4. The third-order valence-corrected chi connectivity index (χ3v) is 6.24. The number of benzene rings is 1. The Labute approximate surface area is 191 Å². The molecule has 0 bridgehead atoms. The highest BCUT2D eigenvalue weighted by atomic mass is 16.6. The minimum atomic E-state index is -0.131.